The molecule has 0 saturated heterocycles. The maximum absolute atomic E-state index is 5.38. The Morgan fingerprint density at radius 1 is 1.15 bits per heavy atom. The summed E-state index contributed by atoms with van der Waals surface area (Å²) in [7, 11) is 5.04. The highest BCUT2D eigenvalue weighted by molar-refractivity contribution is 5.40. The molecule has 0 aliphatic rings. The van der Waals surface area contributed by atoms with Crippen LogP contribution in [0.5, 0.6) is 11.5 Å². The number of methoxy groups -OCH3 is 3. The monoisotopic (exact) mass is 282 g/mol. The second-order valence-corrected chi connectivity index (χ2v) is 4.66. The molecule has 0 spiro atoms. The highest BCUT2D eigenvalue weighted by Gasteiger charge is 2.07. The predicted molar refractivity (Wildman–Crippen MR) is 80.6 cm³/mol. The van der Waals surface area contributed by atoms with Crippen LogP contribution in [0, 0.1) is 0 Å². The van der Waals surface area contributed by atoms with Crippen LogP contribution < -0.4 is 20.1 Å². The summed E-state index contributed by atoms with van der Waals surface area (Å²) in [5.41, 5.74) is 1.12. The van der Waals surface area contributed by atoms with E-state index in [-0.39, 0.29) is 0 Å². The quantitative estimate of drug-likeness (QED) is 0.636. The third-order valence-corrected chi connectivity index (χ3v) is 3.07. The van der Waals surface area contributed by atoms with Crippen molar-refractivity contribution in [3.05, 3.63) is 23.8 Å². The van der Waals surface area contributed by atoms with Crippen molar-refractivity contribution in [3.63, 3.8) is 0 Å². The summed E-state index contributed by atoms with van der Waals surface area (Å²) < 4.78 is 15.6. The molecule has 0 aromatic heterocycles. The Hall–Kier alpha value is -1.30. The first-order chi connectivity index (χ1) is 9.71. The summed E-state index contributed by atoms with van der Waals surface area (Å²) in [4.78, 5) is 0. The molecular formula is C15H26N2O3. The van der Waals surface area contributed by atoms with Gasteiger partial charge in [0.1, 0.15) is 11.5 Å². The van der Waals surface area contributed by atoms with Gasteiger partial charge in [-0.25, -0.2) is 0 Å². The summed E-state index contributed by atoms with van der Waals surface area (Å²) in [5, 5.41) is 6.79. The summed E-state index contributed by atoms with van der Waals surface area (Å²) in [5.74, 6) is 1.65. The van der Waals surface area contributed by atoms with Crippen molar-refractivity contribution in [2.45, 2.75) is 19.5 Å². The Balaban J connectivity index is 2.40. The fraction of sp³-hybridized carbons (Fsp3) is 0.600. The molecule has 0 radical (unpaired) electrons. The fourth-order valence-electron chi connectivity index (χ4n) is 1.85. The Morgan fingerprint density at radius 2 is 1.95 bits per heavy atom. The largest absolute Gasteiger partial charge is 0.497 e. The van der Waals surface area contributed by atoms with Gasteiger partial charge < -0.3 is 24.8 Å². The van der Waals surface area contributed by atoms with Gasteiger partial charge in [0.15, 0.2) is 0 Å². The molecule has 0 heterocycles. The van der Waals surface area contributed by atoms with Gasteiger partial charge >= 0.3 is 0 Å². The average molecular weight is 282 g/mol. The molecular weight excluding hydrogens is 256 g/mol. The van der Waals surface area contributed by atoms with Crippen LogP contribution in [0.4, 0.5) is 0 Å². The van der Waals surface area contributed by atoms with Crippen LogP contribution in [0.1, 0.15) is 12.5 Å². The predicted octanol–water partition coefficient (Wildman–Crippen LogP) is 1.42. The third-order valence-electron chi connectivity index (χ3n) is 3.07. The molecule has 20 heavy (non-hydrogen) atoms. The van der Waals surface area contributed by atoms with Gasteiger partial charge in [0, 0.05) is 44.4 Å². The molecule has 1 atom stereocenters. The van der Waals surface area contributed by atoms with E-state index in [2.05, 4.69) is 17.6 Å². The first-order valence-corrected chi connectivity index (χ1v) is 6.85. The summed E-state index contributed by atoms with van der Waals surface area (Å²) >= 11 is 0. The standard InChI is InChI=1S/C15H26N2O3/c1-12(10-16-7-8-18-2)17-11-13-5-6-14(19-3)9-15(13)20-4/h5-6,9,12,16-17H,7-8,10-11H2,1-4H3. The van der Waals surface area contributed by atoms with Gasteiger partial charge in [-0.2, -0.15) is 0 Å². The minimum Gasteiger partial charge on any atom is -0.497 e. The Bertz CT molecular complexity index is 385. The Labute approximate surface area is 121 Å². The number of hydrogen-bond donors (Lipinski definition) is 2. The molecule has 5 heteroatoms. The molecule has 0 fully saturated rings. The first-order valence-electron chi connectivity index (χ1n) is 6.85. The molecule has 1 aromatic rings. The molecule has 1 rings (SSSR count). The highest BCUT2D eigenvalue weighted by atomic mass is 16.5. The molecule has 2 N–H and O–H groups in total. The summed E-state index contributed by atoms with van der Waals surface area (Å²) in [6.07, 6.45) is 0. The normalized spacial score (nSPS) is 12.2. The molecule has 0 aliphatic heterocycles. The van der Waals surface area contributed by atoms with Gasteiger partial charge in [-0.1, -0.05) is 6.07 Å². The topological polar surface area (TPSA) is 51.8 Å². The highest BCUT2D eigenvalue weighted by Crippen LogP contribution is 2.24. The summed E-state index contributed by atoms with van der Waals surface area (Å²) in [6, 6.07) is 6.24. The van der Waals surface area contributed by atoms with E-state index in [0.29, 0.717) is 6.04 Å². The Kier molecular flexibility index (Phi) is 8.02. The molecule has 114 valence electrons. The van der Waals surface area contributed by atoms with Gasteiger partial charge in [0.25, 0.3) is 0 Å². The van der Waals surface area contributed by atoms with Gasteiger partial charge in [0.2, 0.25) is 0 Å². The minimum atomic E-state index is 0.374. The van der Waals surface area contributed by atoms with E-state index < -0.39 is 0 Å². The maximum Gasteiger partial charge on any atom is 0.127 e. The van der Waals surface area contributed by atoms with Crippen LogP contribution in [0.3, 0.4) is 0 Å². The van der Waals surface area contributed by atoms with E-state index >= 15 is 0 Å². The molecule has 0 amide bonds. The number of benzene rings is 1. The average Bonchev–Trinajstić information content (AvgIpc) is 2.49. The molecule has 0 saturated carbocycles. The third kappa shape index (κ3) is 5.77. The lowest BCUT2D eigenvalue weighted by Gasteiger charge is -2.16. The zero-order valence-corrected chi connectivity index (χ0v) is 12.9. The van der Waals surface area contributed by atoms with E-state index in [9.17, 15) is 0 Å². The Morgan fingerprint density at radius 3 is 2.60 bits per heavy atom. The minimum absolute atomic E-state index is 0.374. The van der Waals surface area contributed by atoms with Crippen molar-refractivity contribution < 1.29 is 14.2 Å². The lowest BCUT2D eigenvalue weighted by Crippen LogP contribution is -2.37. The van der Waals surface area contributed by atoms with Gasteiger partial charge in [0.05, 0.1) is 20.8 Å². The summed E-state index contributed by atoms with van der Waals surface area (Å²) in [6.45, 7) is 5.42. The van der Waals surface area contributed by atoms with Crippen LogP contribution in [0.25, 0.3) is 0 Å². The molecule has 5 nitrogen and oxygen atoms in total. The molecule has 1 aromatic carbocycles. The number of nitrogens with one attached hydrogen (secondary N) is 2. The van der Waals surface area contributed by atoms with E-state index in [0.717, 1.165) is 43.3 Å². The number of rotatable bonds is 10. The second kappa shape index (κ2) is 9.58. The first kappa shape index (κ1) is 16.8. The van der Waals surface area contributed by atoms with Crippen molar-refractivity contribution in [1.29, 1.82) is 0 Å². The number of ether oxygens (including phenoxy) is 3. The van der Waals surface area contributed by atoms with Crippen LogP contribution in [0.15, 0.2) is 18.2 Å². The lowest BCUT2D eigenvalue weighted by molar-refractivity contribution is 0.198. The SMILES string of the molecule is COCCNCC(C)NCc1ccc(OC)cc1OC. The van der Waals surface area contributed by atoms with Crippen molar-refractivity contribution in [2.75, 3.05) is 41.0 Å². The van der Waals surface area contributed by atoms with Gasteiger partial charge in [-0.3, -0.25) is 0 Å². The molecule has 0 bridgehead atoms. The second-order valence-electron chi connectivity index (χ2n) is 4.66. The zero-order valence-electron chi connectivity index (χ0n) is 12.9. The van der Waals surface area contributed by atoms with Crippen molar-refractivity contribution in [3.8, 4) is 11.5 Å². The van der Waals surface area contributed by atoms with Gasteiger partial charge in [-0.05, 0) is 13.0 Å². The van der Waals surface area contributed by atoms with E-state index in [1.807, 2.05) is 18.2 Å². The van der Waals surface area contributed by atoms with Crippen molar-refractivity contribution in [1.82, 2.24) is 10.6 Å². The van der Waals surface area contributed by atoms with Crippen LogP contribution in [-0.2, 0) is 11.3 Å². The van der Waals surface area contributed by atoms with Crippen molar-refractivity contribution in [2.24, 2.45) is 0 Å². The molecule has 1 unspecified atom stereocenters. The van der Waals surface area contributed by atoms with E-state index in [1.165, 1.54) is 0 Å². The van der Waals surface area contributed by atoms with Crippen LogP contribution >= 0.6 is 0 Å². The molecule has 0 aliphatic carbocycles. The van der Waals surface area contributed by atoms with Crippen molar-refractivity contribution >= 4 is 0 Å². The fourth-order valence-corrected chi connectivity index (χ4v) is 1.85. The number of hydrogen-bond acceptors (Lipinski definition) is 5. The zero-order chi connectivity index (χ0) is 14.8. The van der Waals surface area contributed by atoms with Gasteiger partial charge in [-0.15, -0.1) is 0 Å². The lowest BCUT2D eigenvalue weighted by atomic mass is 10.1. The maximum atomic E-state index is 5.38. The van der Waals surface area contributed by atoms with Crippen LogP contribution in [0.2, 0.25) is 0 Å². The van der Waals surface area contributed by atoms with E-state index in [4.69, 9.17) is 14.2 Å². The smallest absolute Gasteiger partial charge is 0.127 e. The van der Waals surface area contributed by atoms with E-state index in [1.54, 1.807) is 21.3 Å². The van der Waals surface area contributed by atoms with Crippen LogP contribution in [-0.4, -0.2) is 47.1 Å².